The maximum absolute atomic E-state index is 12.2. The Morgan fingerprint density at radius 1 is 1.00 bits per heavy atom. The molecule has 0 heterocycles. The van der Waals surface area contributed by atoms with Crippen LogP contribution in [0.4, 0.5) is 0 Å². The van der Waals surface area contributed by atoms with Crippen LogP contribution in [-0.2, 0) is 24.5 Å². The third-order valence-electron chi connectivity index (χ3n) is 3.11. The zero-order valence-electron chi connectivity index (χ0n) is 12.3. The van der Waals surface area contributed by atoms with Crippen molar-refractivity contribution in [2.24, 2.45) is 5.73 Å². The van der Waals surface area contributed by atoms with E-state index in [1.807, 2.05) is 0 Å². The molecular formula is C15H19NO5. The average molecular weight is 293 g/mol. The van der Waals surface area contributed by atoms with E-state index in [4.69, 9.17) is 15.2 Å². The van der Waals surface area contributed by atoms with Crippen molar-refractivity contribution < 1.29 is 23.9 Å². The fourth-order valence-electron chi connectivity index (χ4n) is 1.84. The summed E-state index contributed by atoms with van der Waals surface area (Å²) in [4.78, 5) is 35.4. The first-order valence-electron chi connectivity index (χ1n) is 6.62. The molecule has 114 valence electrons. The van der Waals surface area contributed by atoms with Crippen LogP contribution in [0.3, 0.4) is 0 Å². The molecule has 0 bridgehead atoms. The Balaban J connectivity index is 3.26. The molecule has 0 atom stereocenters. The van der Waals surface area contributed by atoms with Gasteiger partial charge in [0.05, 0.1) is 13.2 Å². The predicted molar refractivity (Wildman–Crippen MR) is 75.6 cm³/mol. The third kappa shape index (κ3) is 3.39. The van der Waals surface area contributed by atoms with Crippen molar-refractivity contribution in [2.75, 3.05) is 13.2 Å². The van der Waals surface area contributed by atoms with Crippen LogP contribution < -0.4 is 5.73 Å². The standard InChI is InChI=1S/C15H19NO5/c1-4-20-13(18)15(3,14(19)21-5-2)11-8-6-10(7-9-11)12(16)17/h6-9H,4-5H2,1-3H3,(H2,16,17). The number of carbonyl (C=O) groups is 3. The van der Waals surface area contributed by atoms with E-state index in [0.717, 1.165) is 0 Å². The molecule has 6 heteroatoms. The molecule has 0 saturated heterocycles. The second kappa shape index (κ2) is 6.88. The SMILES string of the molecule is CCOC(=O)C(C)(C(=O)OCC)c1ccc(C(N)=O)cc1. The highest BCUT2D eigenvalue weighted by atomic mass is 16.6. The highest BCUT2D eigenvalue weighted by Gasteiger charge is 2.46. The van der Waals surface area contributed by atoms with Crippen LogP contribution in [0.2, 0.25) is 0 Å². The summed E-state index contributed by atoms with van der Waals surface area (Å²) in [5.41, 5.74) is 4.25. The maximum atomic E-state index is 12.2. The fraction of sp³-hybridized carbons (Fsp3) is 0.400. The highest BCUT2D eigenvalue weighted by Crippen LogP contribution is 2.28. The minimum Gasteiger partial charge on any atom is -0.465 e. The summed E-state index contributed by atoms with van der Waals surface area (Å²) in [5, 5.41) is 0. The molecule has 2 N–H and O–H groups in total. The molecule has 1 amide bonds. The van der Waals surface area contributed by atoms with E-state index < -0.39 is 23.3 Å². The summed E-state index contributed by atoms with van der Waals surface area (Å²) in [5.74, 6) is -1.99. The molecule has 0 fully saturated rings. The monoisotopic (exact) mass is 293 g/mol. The molecule has 0 aromatic heterocycles. The number of nitrogens with two attached hydrogens (primary N) is 1. The number of primary amides is 1. The van der Waals surface area contributed by atoms with Crippen LogP contribution >= 0.6 is 0 Å². The topological polar surface area (TPSA) is 95.7 Å². The number of amides is 1. The lowest BCUT2D eigenvalue weighted by atomic mass is 9.82. The Morgan fingerprint density at radius 3 is 1.76 bits per heavy atom. The van der Waals surface area contributed by atoms with E-state index in [1.165, 1.54) is 31.2 Å². The molecule has 0 radical (unpaired) electrons. The van der Waals surface area contributed by atoms with E-state index >= 15 is 0 Å². The molecule has 0 spiro atoms. The summed E-state index contributed by atoms with van der Waals surface area (Å²) < 4.78 is 9.95. The van der Waals surface area contributed by atoms with Gasteiger partial charge in [-0.2, -0.15) is 0 Å². The summed E-state index contributed by atoms with van der Waals surface area (Å²) in [6.07, 6.45) is 0. The molecule has 1 aromatic carbocycles. The van der Waals surface area contributed by atoms with Crippen LogP contribution in [-0.4, -0.2) is 31.1 Å². The van der Waals surface area contributed by atoms with Gasteiger partial charge < -0.3 is 15.2 Å². The van der Waals surface area contributed by atoms with Gasteiger partial charge in [-0.25, -0.2) is 0 Å². The molecule has 0 aliphatic rings. The summed E-state index contributed by atoms with van der Waals surface area (Å²) in [7, 11) is 0. The Morgan fingerprint density at radius 2 is 1.43 bits per heavy atom. The lowest BCUT2D eigenvalue weighted by molar-refractivity contribution is -0.163. The number of hydrogen-bond acceptors (Lipinski definition) is 5. The van der Waals surface area contributed by atoms with Gasteiger partial charge >= 0.3 is 11.9 Å². The zero-order valence-corrected chi connectivity index (χ0v) is 12.3. The summed E-state index contributed by atoms with van der Waals surface area (Å²) in [6, 6.07) is 5.89. The fourth-order valence-corrected chi connectivity index (χ4v) is 1.84. The van der Waals surface area contributed by atoms with Crippen LogP contribution in [0.5, 0.6) is 0 Å². The van der Waals surface area contributed by atoms with Gasteiger partial charge in [0.15, 0.2) is 5.41 Å². The lowest BCUT2D eigenvalue weighted by Crippen LogP contribution is -2.43. The number of esters is 2. The summed E-state index contributed by atoms with van der Waals surface area (Å²) >= 11 is 0. The van der Waals surface area contributed by atoms with E-state index in [-0.39, 0.29) is 18.8 Å². The summed E-state index contributed by atoms with van der Waals surface area (Å²) in [6.45, 7) is 5.03. The average Bonchev–Trinajstić information content (AvgIpc) is 2.46. The highest BCUT2D eigenvalue weighted by molar-refractivity contribution is 6.06. The molecule has 1 rings (SSSR count). The maximum Gasteiger partial charge on any atom is 0.327 e. The van der Waals surface area contributed by atoms with Gasteiger partial charge in [-0.15, -0.1) is 0 Å². The van der Waals surface area contributed by atoms with Crippen molar-refractivity contribution in [2.45, 2.75) is 26.2 Å². The van der Waals surface area contributed by atoms with Crippen molar-refractivity contribution >= 4 is 17.8 Å². The Labute approximate surface area is 123 Å². The van der Waals surface area contributed by atoms with Crippen LogP contribution in [0.25, 0.3) is 0 Å². The first-order valence-corrected chi connectivity index (χ1v) is 6.62. The normalized spacial score (nSPS) is 10.8. The number of benzene rings is 1. The van der Waals surface area contributed by atoms with Crippen molar-refractivity contribution in [1.82, 2.24) is 0 Å². The van der Waals surface area contributed by atoms with Gasteiger partial charge in [0.1, 0.15) is 0 Å². The third-order valence-corrected chi connectivity index (χ3v) is 3.11. The zero-order chi connectivity index (χ0) is 16.0. The van der Waals surface area contributed by atoms with Crippen molar-refractivity contribution in [3.8, 4) is 0 Å². The van der Waals surface area contributed by atoms with Crippen LogP contribution in [0, 0.1) is 0 Å². The van der Waals surface area contributed by atoms with E-state index in [1.54, 1.807) is 13.8 Å². The first-order chi connectivity index (χ1) is 9.87. The van der Waals surface area contributed by atoms with Gasteiger partial charge in [0, 0.05) is 5.56 Å². The second-order valence-electron chi connectivity index (χ2n) is 4.51. The van der Waals surface area contributed by atoms with Gasteiger partial charge in [0.25, 0.3) is 0 Å². The van der Waals surface area contributed by atoms with Gasteiger partial charge in [-0.1, -0.05) is 12.1 Å². The first kappa shape index (κ1) is 16.7. The van der Waals surface area contributed by atoms with Crippen LogP contribution in [0.1, 0.15) is 36.7 Å². The number of carbonyl (C=O) groups excluding carboxylic acids is 3. The molecular weight excluding hydrogens is 274 g/mol. The van der Waals surface area contributed by atoms with Crippen LogP contribution in [0.15, 0.2) is 24.3 Å². The number of rotatable bonds is 6. The molecule has 0 aliphatic carbocycles. The molecule has 1 aromatic rings. The minimum atomic E-state index is -1.58. The largest absolute Gasteiger partial charge is 0.465 e. The van der Waals surface area contributed by atoms with E-state index in [0.29, 0.717) is 5.56 Å². The molecule has 6 nitrogen and oxygen atoms in total. The van der Waals surface area contributed by atoms with Gasteiger partial charge in [-0.3, -0.25) is 14.4 Å². The lowest BCUT2D eigenvalue weighted by Gasteiger charge is -2.25. The smallest absolute Gasteiger partial charge is 0.327 e. The van der Waals surface area contributed by atoms with Crippen molar-refractivity contribution in [3.63, 3.8) is 0 Å². The Bertz CT molecular complexity index is 517. The van der Waals surface area contributed by atoms with Gasteiger partial charge in [-0.05, 0) is 38.5 Å². The Hall–Kier alpha value is -2.37. The van der Waals surface area contributed by atoms with E-state index in [2.05, 4.69) is 0 Å². The number of ether oxygens (including phenoxy) is 2. The van der Waals surface area contributed by atoms with Gasteiger partial charge in [0.2, 0.25) is 5.91 Å². The van der Waals surface area contributed by atoms with E-state index in [9.17, 15) is 14.4 Å². The molecule has 0 saturated carbocycles. The second-order valence-corrected chi connectivity index (χ2v) is 4.51. The van der Waals surface area contributed by atoms with Crippen molar-refractivity contribution in [1.29, 1.82) is 0 Å². The molecule has 0 aliphatic heterocycles. The molecule has 0 unspecified atom stereocenters. The quantitative estimate of drug-likeness (QED) is 0.627. The Kier molecular flexibility index (Phi) is 5.46. The minimum absolute atomic E-state index is 0.146. The predicted octanol–water partition coefficient (Wildman–Crippen LogP) is 1.17. The number of hydrogen-bond donors (Lipinski definition) is 1. The molecule has 21 heavy (non-hydrogen) atoms. The van der Waals surface area contributed by atoms with Crippen molar-refractivity contribution in [3.05, 3.63) is 35.4 Å².